The van der Waals surface area contributed by atoms with Gasteiger partial charge < -0.3 is 14.1 Å². The first kappa shape index (κ1) is 16.7. The summed E-state index contributed by atoms with van der Waals surface area (Å²) in [6, 6.07) is 3.99. The summed E-state index contributed by atoms with van der Waals surface area (Å²) in [5.74, 6) is 1.34. The van der Waals surface area contributed by atoms with Gasteiger partial charge in [-0.25, -0.2) is 0 Å². The topological polar surface area (TPSA) is 71.7 Å². The van der Waals surface area contributed by atoms with Crippen molar-refractivity contribution in [3.8, 4) is 10.8 Å². The molecule has 1 amide bonds. The second-order valence-electron chi connectivity index (χ2n) is 6.46. The van der Waals surface area contributed by atoms with Crippen LogP contribution < -0.4 is 0 Å². The smallest absolute Gasteiger partial charge is 0.257 e. The third kappa shape index (κ3) is 3.47. The minimum absolute atomic E-state index is 0.0428. The first-order chi connectivity index (χ1) is 12.2. The molecule has 0 aliphatic carbocycles. The summed E-state index contributed by atoms with van der Waals surface area (Å²) in [6.45, 7) is 5.82. The lowest BCUT2D eigenvalue weighted by molar-refractivity contribution is -0.143. The maximum absolute atomic E-state index is 12.4. The summed E-state index contributed by atoms with van der Waals surface area (Å²) in [5, 5.41) is 10.4. The molecule has 2 aromatic heterocycles. The third-order valence-corrected chi connectivity index (χ3v) is 5.77. The second-order valence-corrected chi connectivity index (χ2v) is 7.41. The molecule has 25 heavy (non-hydrogen) atoms. The van der Waals surface area contributed by atoms with E-state index in [2.05, 4.69) is 22.0 Å². The highest BCUT2D eigenvalue weighted by atomic mass is 32.1. The maximum Gasteiger partial charge on any atom is 0.257 e. The number of thiophene rings is 1. The molecule has 0 aromatic carbocycles. The van der Waals surface area contributed by atoms with Gasteiger partial charge in [0.1, 0.15) is 6.10 Å². The largest absolute Gasteiger partial charge is 0.418 e. The van der Waals surface area contributed by atoms with Gasteiger partial charge in [0.15, 0.2) is 0 Å². The van der Waals surface area contributed by atoms with Crippen LogP contribution in [0.2, 0.25) is 0 Å². The average Bonchev–Trinajstić information content (AvgIpc) is 3.42. The van der Waals surface area contributed by atoms with Gasteiger partial charge >= 0.3 is 0 Å². The Morgan fingerprint density at radius 1 is 1.32 bits per heavy atom. The van der Waals surface area contributed by atoms with E-state index in [1.807, 2.05) is 22.4 Å². The molecule has 2 unspecified atom stereocenters. The van der Waals surface area contributed by atoms with Gasteiger partial charge in [-0.15, -0.1) is 21.5 Å². The number of carbonyl (C=O) groups is 1. The fourth-order valence-corrected chi connectivity index (χ4v) is 4.01. The van der Waals surface area contributed by atoms with Gasteiger partial charge in [-0.05, 0) is 31.2 Å². The molecule has 0 radical (unpaired) electrons. The average molecular weight is 362 g/mol. The maximum atomic E-state index is 12.4. The lowest BCUT2D eigenvalue weighted by atomic mass is 10.2. The highest BCUT2D eigenvalue weighted by molar-refractivity contribution is 7.13. The number of nitrogens with zero attached hydrogens (tertiary/aromatic N) is 4. The predicted molar refractivity (Wildman–Crippen MR) is 93.2 cm³/mol. The third-order valence-electron chi connectivity index (χ3n) is 4.91. The fourth-order valence-electron chi connectivity index (χ4n) is 3.37. The Hall–Kier alpha value is -1.77. The van der Waals surface area contributed by atoms with Gasteiger partial charge in [0.05, 0.1) is 10.9 Å². The van der Waals surface area contributed by atoms with Crippen molar-refractivity contribution in [3.05, 3.63) is 23.4 Å². The second kappa shape index (κ2) is 7.23. The molecule has 2 aliphatic rings. The molecule has 2 saturated heterocycles. The molecule has 0 spiro atoms. The van der Waals surface area contributed by atoms with Crippen LogP contribution in [0.5, 0.6) is 0 Å². The summed E-state index contributed by atoms with van der Waals surface area (Å²) in [4.78, 5) is 17.6. The van der Waals surface area contributed by atoms with Crippen LogP contribution in [-0.2, 0) is 9.53 Å². The molecule has 8 heteroatoms. The van der Waals surface area contributed by atoms with E-state index >= 15 is 0 Å². The van der Waals surface area contributed by atoms with Crippen LogP contribution in [0.4, 0.5) is 0 Å². The molecule has 2 atom stereocenters. The standard InChI is InChI=1S/C17H22N4O3S/c1-12(15-18-19-16(24-15)14-5-3-11-25-14)20-6-8-21(9-7-20)17(22)13-4-2-10-23-13/h3,5,11-13H,2,4,6-10H2,1H3. The Labute approximate surface area is 150 Å². The zero-order chi connectivity index (χ0) is 17.2. The van der Waals surface area contributed by atoms with Gasteiger partial charge in [-0.1, -0.05) is 6.07 Å². The highest BCUT2D eigenvalue weighted by Crippen LogP contribution is 2.27. The Morgan fingerprint density at radius 3 is 2.84 bits per heavy atom. The van der Waals surface area contributed by atoms with E-state index in [0.29, 0.717) is 18.4 Å². The Balaban J connectivity index is 1.35. The fraction of sp³-hybridized carbons (Fsp3) is 0.588. The van der Waals surface area contributed by atoms with E-state index in [1.165, 1.54) is 0 Å². The van der Waals surface area contributed by atoms with Gasteiger partial charge in [0.2, 0.25) is 5.89 Å². The summed E-state index contributed by atoms with van der Waals surface area (Å²) >= 11 is 1.59. The van der Waals surface area contributed by atoms with Crippen LogP contribution >= 0.6 is 11.3 Å². The molecule has 4 rings (SSSR count). The van der Waals surface area contributed by atoms with Crippen molar-refractivity contribution in [1.29, 1.82) is 0 Å². The summed E-state index contributed by atoms with van der Waals surface area (Å²) in [7, 11) is 0. The van der Waals surface area contributed by atoms with Gasteiger partial charge in [0.25, 0.3) is 11.8 Å². The number of aromatic nitrogens is 2. The molecule has 0 N–H and O–H groups in total. The number of hydrogen-bond donors (Lipinski definition) is 0. The minimum atomic E-state index is -0.228. The number of carbonyl (C=O) groups excluding carboxylic acids is 1. The molecule has 2 aromatic rings. The van der Waals surface area contributed by atoms with Crippen LogP contribution in [0.1, 0.15) is 31.7 Å². The van der Waals surface area contributed by atoms with Crippen LogP contribution in [0, 0.1) is 0 Å². The predicted octanol–water partition coefficient (Wildman–Crippen LogP) is 2.18. The first-order valence-electron chi connectivity index (χ1n) is 8.74. The van der Waals surface area contributed by atoms with Gasteiger partial charge in [-0.3, -0.25) is 9.69 Å². The minimum Gasteiger partial charge on any atom is -0.418 e. The number of piperazine rings is 1. The van der Waals surface area contributed by atoms with Crippen LogP contribution in [0.15, 0.2) is 21.9 Å². The van der Waals surface area contributed by atoms with Crippen LogP contribution in [0.3, 0.4) is 0 Å². The van der Waals surface area contributed by atoms with Crippen molar-refractivity contribution in [1.82, 2.24) is 20.0 Å². The lowest BCUT2D eigenvalue weighted by Crippen LogP contribution is -2.51. The van der Waals surface area contributed by atoms with E-state index in [1.54, 1.807) is 11.3 Å². The molecule has 134 valence electrons. The van der Waals surface area contributed by atoms with E-state index in [0.717, 1.165) is 43.9 Å². The Morgan fingerprint density at radius 2 is 2.16 bits per heavy atom. The molecule has 7 nitrogen and oxygen atoms in total. The van der Waals surface area contributed by atoms with E-state index in [4.69, 9.17) is 9.15 Å². The molecule has 2 aliphatic heterocycles. The molecule has 2 fully saturated rings. The SMILES string of the molecule is CC(c1nnc(-c2cccs2)o1)N1CCN(C(=O)C2CCCO2)CC1. The van der Waals surface area contributed by atoms with Crippen molar-refractivity contribution in [2.24, 2.45) is 0 Å². The molecule has 0 bridgehead atoms. The zero-order valence-corrected chi connectivity index (χ0v) is 15.1. The molecular formula is C17H22N4O3S. The number of hydrogen-bond acceptors (Lipinski definition) is 7. The van der Waals surface area contributed by atoms with Gasteiger partial charge in [-0.2, -0.15) is 0 Å². The Bertz CT molecular complexity index is 703. The van der Waals surface area contributed by atoms with Crippen molar-refractivity contribution in [2.75, 3.05) is 32.8 Å². The zero-order valence-electron chi connectivity index (χ0n) is 14.3. The monoisotopic (exact) mass is 362 g/mol. The van der Waals surface area contributed by atoms with E-state index < -0.39 is 0 Å². The molecular weight excluding hydrogens is 340 g/mol. The highest BCUT2D eigenvalue weighted by Gasteiger charge is 2.32. The number of rotatable bonds is 4. The quantitative estimate of drug-likeness (QED) is 0.830. The van der Waals surface area contributed by atoms with E-state index in [-0.39, 0.29) is 18.1 Å². The summed E-state index contributed by atoms with van der Waals surface area (Å²) in [6.07, 6.45) is 1.60. The van der Waals surface area contributed by atoms with Crippen molar-refractivity contribution in [3.63, 3.8) is 0 Å². The normalized spacial score (nSPS) is 23.1. The van der Waals surface area contributed by atoms with E-state index in [9.17, 15) is 4.79 Å². The van der Waals surface area contributed by atoms with Crippen molar-refractivity contribution >= 4 is 17.2 Å². The van der Waals surface area contributed by atoms with Crippen molar-refractivity contribution < 1.29 is 13.9 Å². The van der Waals surface area contributed by atoms with Crippen molar-refractivity contribution in [2.45, 2.75) is 31.9 Å². The number of amides is 1. The van der Waals surface area contributed by atoms with Gasteiger partial charge in [0, 0.05) is 32.8 Å². The molecule has 4 heterocycles. The summed E-state index contributed by atoms with van der Waals surface area (Å²) < 4.78 is 11.4. The van der Waals surface area contributed by atoms with Crippen LogP contribution in [0.25, 0.3) is 10.8 Å². The molecule has 0 saturated carbocycles. The first-order valence-corrected chi connectivity index (χ1v) is 9.62. The Kier molecular flexibility index (Phi) is 4.82. The lowest BCUT2D eigenvalue weighted by Gasteiger charge is -2.37. The number of ether oxygens (including phenoxy) is 1. The van der Waals surface area contributed by atoms with Crippen LogP contribution in [-0.4, -0.2) is 64.8 Å². The summed E-state index contributed by atoms with van der Waals surface area (Å²) in [5.41, 5.74) is 0.